The average Bonchev–Trinajstić information content (AvgIpc) is 2.45. The van der Waals surface area contributed by atoms with E-state index in [1.807, 2.05) is 24.3 Å². The van der Waals surface area contributed by atoms with Gasteiger partial charge in [0.15, 0.2) is 0 Å². The number of hydrogen-bond donors (Lipinski definition) is 0. The molecule has 5 heteroatoms. The number of para-hydroxylation sites is 1. The second-order valence-corrected chi connectivity index (χ2v) is 4.37. The molecular formula is C15H21NO4. The van der Waals surface area contributed by atoms with Crippen molar-refractivity contribution in [1.82, 2.24) is 4.90 Å². The highest BCUT2D eigenvalue weighted by Gasteiger charge is 2.14. The lowest BCUT2D eigenvalue weighted by atomic mass is 10.1. The van der Waals surface area contributed by atoms with Gasteiger partial charge in [-0.25, -0.2) is 0 Å². The summed E-state index contributed by atoms with van der Waals surface area (Å²) in [4.78, 5) is 24.6. The molecule has 0 heterocycles. The Morgan fingerprint density at radius 3 is 2.60 bits per heavy atom. The van der Waals surface area contributed by atoms with Crippen LogP contribution >= 0.6 is 0 Å². The van der Waals surface area contributed by atoms with Crippen LogP contribution in [0.15, 0.2) is 24.3 Å². The summed E-state index contributed by atoms with van der Waals surface area (Å²) >= 11 is 0. The smallest absolute Gasteiger partial charge is 0.325 e. The standard InChI is InChI=1S/C15H21NO4/c1-4-20-15(18)11-16(2)14(17)10-9-12-7-5-6-8-13(12)19-3/h5-8H,4,9-11H2,1-3H3. The maximum atomic E-state index is 11.9. The number of esters is 1. The number of carbonyl (C=O) groups is 2. The minimum atomic E-state index is -0.388. The predicted molar refractivity (Wildman–Crippen MR) is 75.6 cm³/mol. The number of hydrogen-bond acceptors (Lipinski definition) is 4. The molecule has 0 aliphatic rings. The molecule has 0 saturated carbocycles. The number of likely N-dealkylation sites (N-methyl/N-ethyl adjacent to an activating group) is 1. The third-order valence-electron chi connectivity index (χ3n) is 2.90. The van der Waals surface area contributed by atoms with Crippen LogP contribution in [-0.4, -0.2) is 44.1 Å². The molecule has 110 valence electrons. The fraction of sp³-hybridized carbons (Fsp3) is 0.467. The Hall–Kier alpha value is -2.04. The molecule has 0 atom stereocenters. The van der Waals surface area contributed by atoms with Crippen LogP contribution in [0.1, 0.15) is 18.9 Å². The lowest BCUT2D eigenvalue weighted by Crippen LogP contribution is -2.33. The fourth-order valence-corrected chi connectivity index (χ4v) is 1.83. The molecule has 0 spiro atoms. The van der Waals surface area contributed by atoms with E-state index in [1.165, 1.54) is 4.90 Å². The molecule has 0 unspecified atom stereocenters. The molecule has 0 fully saturated rings. The number of amides is 1. The van der Waals surface area contributed by atoms with Gasteiger partial charge < -0.3 is 14.4 Å². The Balaban J connectivity index is 2.48. The topological polar surface area (TPSA) is 55.8 Å². The summed E-state index contributed by atoms with van der Waals surface area (Å²) in [5, 5.41) is 0. The normalized spacial score (nSPS) is 9.95. The Kier molecular flexibility index (Phi) is 6.56. The van der Waals surface area contributed by atoms with Crippen molar-refractivity contribution >= 4 is 11.9 Å². The van der Waals surface area contributed by atoms with Gasteiger partial charge in [0.05, 0.1) is 13.7 Å². The number of methoxy groups -OCH3 is 1. The van der Waals surface area contributed by atoms with Gasteiger partial charge in [0, 0.05) is 13.5 Å². The van der Waals surface area contributed by atoms with Crippen molar-refractivity contribution in [2.24, 2.45) is 0 Å². The van der Waals surface area contributed by atoms with Gasteiger partial charge in [0.1, 0.15) is 12.3 Å². The molecule has 1 aromatic carbocycles. The van der Waals surface area contributed by atoms with Crippen molar-refractivity contribution < 1.29 is 19.1 Å². The molecule has 0 aliphatic heterocycles. The molecule has 0 saturated heterocycles. The minimum absolute atomic E-state index is 0.0153. The maximum Gasteiger partial charge on any atom is 0.325 e. The van der Waals surface area contributed by atoms with Gasteiger partial charge in [-0.15, -0.1) is 0 Å². The Morgan fingerprint density at radius 1 is 1.25 bits per heavy atom. The number of ether oxygens (including phenoxy) is 2. The Morgan fingerprint density at radius 2 is 1.95 bits per heavy atom. The van der Waals surface area contributed by atoms with E-state index in [0.29, 0.717) is 19.4 Å². The summed E-state index contributed by atoms with van der Waals surface area (Å²) in [5.41, 5.74) is 0.980. The molecule has 0 bridgehead atoms. The number of rotatable bonds is 7. The first kappa shape index (κ1) is 16.0. The molecule has 1 amide bonds. The van der Waals surface area contributed by atoms with Gasteiger partial charge >= 0.3 is 5.97 Å². The van der Waals surface area contributed by atoms with Crippen molar-refractivity contribution in [3.63, 3.8) is 0 Å². The van der Waals surface area contributed by atoms with Gasteiger partial charge in [0.2, 0.25) is 5.91 Å². The fourth-order valence-electron chi connectivity index (χ4n) is 1.83. The first-order chi connectivity index (χ1) is 9.58. The van der Waals surface area contributed by atoms with E-state index in [1.54, 1.807) is 21.1 Å². The lowest BCUT2D eigenvalue weighted by Gasteiger charge is -2.16. The zero-order valence-electron chi connectivity index (χ0n) is 12.2. The van der Waals surface area contributed by atoms with Crippen molar-refractivity contribution in [2.45, 2.75) is 19.8 Å². The molecular weight excluding hydrogens is 258 g/mol. The highest BCUT2D eigenvalue weighted by atomic mass is 16.5. The summed E-state index contributed by atoms with van der Waals surface area (Å²) in [6.45, 7) is 2.04. The van der Waals surface area contributed by atoms with Crippen LogP contribution in [0.5, 0.6) is 5.75 Å². The quantitative estimate of drug-likeness (QED) is 0.712. The van der Waals surface area contributed by atoms with Gasteiger partial charge in [-0.3, -0.25) is 9.59 Å². The van der Waals surface area contributed by atoms with Gasteiger partial charge in [0.25, 0.3) is 0 Å². The third kappa shape index (κ3) is 4.91. The molecule has 20 heavy (non-hydrogen) atoms. The Labute approximate surface area is 119 Å². The largest absolute Gasteiger partial charge is 0.496 e. The van der Waals surface area contributed by atoms with Gasteiger partial charge in [-0.2, -0.15) is 0 Å². The first-order valence-corrected chi connectivity index (χ1v) is 6.60. The summed E-state index contributed by atoms with van der Waals surface area (Å²) in [7, 11) is 3.20. The number of nitrogens with zero attached hydrogens (tertiary/aromatic N) is 1. The zero-order valence-corrected chi connectivity index (χ0v) is 12.2. The Bertz CT molecular complexity index is 459. The maximum absolute atomic E-state index is 11.9. The predicted octanol–water partition coefficient (Wildman–Crippen LogP) is 1.65. The van der Waals surface area contributed by atoms with Crippen LogP contribution < -0.4 is 4.74 Å². The van der Waals surface area contributed by atoms with Crippen LogP contribution in [0, 0.1) is 0 Å². The zero-order chi connectivity index (χ0) is 15.0. The molecule has 0 aromatic heterocycles. The van der Waals surface area contributed by atoms with E-state index in [2.05, 4.69) is 0 Å². The second kappa shape index (κ2) is 8.19. The van der Waals surface area contributed by atoms with Crippen LogP contribution in [0.4, 0.5) is 0 Å². The van der Waals surface area contributed by atoms with Gasteiger partial charge in [-0.1, -0.05) is 18.2 Å². The van der Waals surface area contributed by atoms with E-state index in [4.69, 9.17) is 9.47 Å². The molecule has 5 nitrogen and oxygen atoms in total. The highest BCUT2D eigenvalue weighted by molar-refractivity contribution is 5.82. The van der Waals surface area contributed by atoms with E-state index >= 15 is 0 Å². The van der Waals surface area contributed by atoms with E-state index < -0.39 is 0 Å². The monoisotopic (exact) mass is 279 g/mol. The third-order valence-corrected chi connectivity index (χ3v) is 2.90. The van der Waals surface area contributed by atoms with Crippen molar-refractivity contribution in [3.8, 4) is 5.75 Å². The molecule has 1 aromatic rings. The summed E-state index contributed by atoms with van der Waals surface area (Å²) in [6.07, 6.45) is 0.909. The van der Waals surface area contributed by atoms with Crippen LogP contribution in [-0.2, 0) is 20.7 Å². The summed E-state index contributed by atoms with van der Waals surface area (Å²) in [6, 6.07) is 7.58. The van der Waals surface area contributed by atoms with E-state index in [0.717, 1.165) is 11.3 Å². The van der Waals surface area contributed by atoms with E-state index in [9.17, 15) is 9.59 Å². The second-order valence-electron chi connectivity index (χ2n) is 4.37. The van der Waals surface area contributed by atoms with Crippen molar-refractivity contribution in [3.05, 3.63) is 29.8 Å². The number of carbonyl (C=O) groups excluding carboxylic acids is 2. The summed E-state index contributed by atoms with van der Waals surface area (Å²) in [5.74, 6) is 0.290. The van der Waals surface area contributed by atoms with Crippen LogP contribution in [0.25, 0.3) is 0 Å². The van der Waals surface area contributed by atoms with E-state index in [-0.39, 0.29) is 18.4 Å². The minimum Gasteiger partial charge on any atom is -0.496 e. The molecule has 0 aliphatic carbocycles. The summed E-state index contributed by atoms with van der Waals surface area (Å²) < 4.78 is 10.0. The highest BCUT2D eigenvalue weighted by Crippen LogP contribution is 2.19. The SMILES string of the molecule is CCOC(=O)CN(C)C(=O)CCc1ccccc1OC. The van der Waals surface area contributed by atoms with Crippen molar-refractivity contribution in [1.29, 1.82) is 0 Å². The first-order valence-electron chi connectivity index (χ1n) is 6.60. The van der Waals surface area contributed by atoms with Crippen molar-refractivity contribution in [2.75, 3.05) is 27.3 Å². The number of benzene rings is 1. The average molecular weight is 279 g/mol. The molecule has 1 rings (SSSR count). The number of aryl methyl sites for hydroxylation is 1. The van der Waals surface area contributed by atoms with Crippen LogP contribution in [0.2, 0.25) is 0 Å². The molecule has 0 N–H and O–H groups in total. The van der Waals surface area contributed by atoms with Crippen LogP contribution in [0.3, 0.4) is 0 Å². The van der Waals surface area contributed by atoms with Gasteiger partial charge in [-0.05, 0) is 25.0 Å². The molecule has 0 radical (unpaired) electrons. The lowest BCUT2D eigenvalue weighted by molar-refractivity contribution is -0.148.